The lowest BCUT2D eigenvalue weighted by Gasteiger charge is -2.21. The van der Waals surface area contributed by atoms with E-state index in [1.807, 2.05) is 0 Å². The van der Waals surface area contributed by atoms with Gasteiger partial charge < -0.3 is 5.32 Å². The standard InChI is InChI=1S/C12H14BrN/c1-9-7-11(5-6-14-9)10-3-2-4-12(13)8-10/h2-5,8-9,14H,6-7H2,1H3. The highest BCUT2D eigenvalue weighted by molar-refractivity contribution is 9.10. The first kappa shape index (κ1) is 9.94. The quantitative estimate of drug-likeness (QED) is 0.809. The normalized spacial score (nSPS) is 21.9. The predicted octanol–water partition coefficient (Wildman–Crippen LogP) is 3.21. The molecule has 1 heterocycles. The first-order valence-electron chi connectivity index (χ1n) is 4.94. The summed E-state index contributed by atoms with van der Waals surface area (Å²) in [5, 5.41) is 3.41. The van der Waals surface area contributed by atoms with Gasteiger partial charge in [-0.05, 0) is 36.6 Å². The highest BCUT2D eigenvalue weighted by Crippen LogP contribution is 2.24. The molecule has 0 aliphatic carbocycles. The third-order valence-corrected chi connectivity index (χ3v) is 3.03. The van der Waals surface area contributed by atoms with Crippen molar-refractivity contribution in [3.8, 4) is 0 Å². The fraction of sp³-hybridized carbons (Fsp3) is 0.333. The van der Waals surface area contributed by atoms with Gasteiger partial charge in [-0.15, -0.1) is 0 Å². The summed E-state index contributed by atoms with van der Waals surface area (Å²) in [5.74, 6) is 0. The van der Waals surface area contributed by atoms with Crippen LogP contribution in [0.5, 0.6) is 0 Å². The summed E-state index contributed by atoms with van der Waals surface area (Å²) in [5.41, 5.74) is 2.80. The topological polar surface area (TPSA) is 12.0 Å². The molecule has 1 aromatic rings. The van der Waals surface area contributed by atoms with Crippen LogP contribution < -0.4 is 5.32 Å². The molecule has 1 atom stereocenters. The first-order chi connectivity index (χ1) is 6.75. The van der Waals surface area contributed by atoms with Crippen molar-refractivity contribution in [3.05, 3.63) is 40.4 Å². The molecule has 1 aliphatic rings. The van der Waals surface area contributed by atoms with Gasteiger partial charge in [0, 0.05) is 17.1 Å². The molecule has 2 rings (SSSR count). The van der Waals surface area contributed by atoms with E-state index in [0.717, 1.165) is 17.4 Å². The Labute approximate surface area is 93.3 Å². The van der Waals surface area contributed by atoms with Crippen LogP contribution in [0.3, 0.4) is 0 Å². The van der Waals surface area contributed by atoms with Gasteiger partial charge in [0.05, 0.1) is 0 Å². The fourth-order valence-electron chi connectivity index (χ4n) is 1.79. The first-order valence-corrected chi connectivity index (χ1v) is 5.73. The summed E-state index contributed by atoms with van der Waals surface area (Å²) >= 11 is 3.50. The van der Waals surface area contributed by atoms with Crippen LogP contribution in [0.15, 0.2) is 34.8 Å². The second-order valence-corrected chi connectivity index (χ2v) is 4.67. The maximum absolute atomic E-state index is 3.50. The van der Waals surface area contributed by atoms with Gasteiger partial charge in [-0.2, -0.15) is 0 Å². The zero-order valence-corrected chi connectivity index (χ0v) is 9.84. The molecule has 14 heavy (non-hydrogen) atoms. The Morgan fingerprint density at radius 1 is 1.43 bits per heavy atom. The number of hydrogen-bond donors (Lipinski definition) is 1. The molecule has 1 aliphatic heterocycles. The Kier molecular flexibility index (Phi) is 3.04. The van der Waals surface area contributed by atoms with Gasteiger partial charge >= 0.3 is 0 Å². The van der Waals surface area contributed by atoms with Crippen molar-refractivity contribution in [2.75, 3.05) is 6.54 Å². The maximum atomic E-state index is 3.50. The molecule has 0 aromatic heterocycles. The van der Waals surface area contributed by atoms with Gasteiger partial charge in [0.15, 0.2) is 0 Å². The molecule has 0 radical (unpaired) electrons. The maximum Gasteiger partial charge on any atom is 0.0181 e. The van der Waals surface area contributed by atoms with E-state index in [-0.39, 0.29) is 0 Å². The van der Waals surface area contributed by atoms with E-state index >= 15 is 0 Å². The molecule has 0 saturated carbocycles. The zero-order chi connectivity index (χ0) is 9.97. The number of rotatable bonds is 1. The van der Waals surface area contributed by atoms with Gasteiger partial charge in [-0.25, -0.2) is 0 Å². The summed E-state index contributed by atoms with van der Waals surface area (Å²) < 4.78 is 1.15. The Bertz CT molecular complexity index is 357. The summed E-state index contributed by atoms with van der Waals surface area (Å²) in [4.78, 5) is 0. The molecule has 0 fully saturated rings. The van der Waals surface area contributed by atoms with Crippen LogP contribution in [0.1, 0.15) is 18.9 Å². The molecule has 1 nitrogen and oxygen atoms in total. The van der Waals surface area contributed by atoms with Crippen molar-refractivity contribution in [1.82, 2.24) is 5.32 Å². The van der Waals surface area contributed by atoms with Crippen molar-refractivity contribution in [2.45, 2.75) is 19.4 Å². The number of halogens is 1. The second kappa shape index (κ2) is 4.28. The van der Waals surface area contributed by atoms with Crippen molar-refractivity contribution < 1.29 is 0 Å². The van der Waals surface area contributed by atoms with Crippen molar-refractivity contribution in [1.29, 1.82) is 0 Å². The average molecular weight is 252 g/mol. The Morgan fingerprint density at radius 3 is 3.00 bits per heavy atom. The van der Waals surface area contributed by atoms with Crippen LogP contribution >= 0.6 is 15.9 Å². The van der Waals surface area contributed by atoms with E-state index in [1.54, 1.807) is 0 Å². The molecule has 1 N–H and O–H groups in total. The molecular formula is C12H14BrN. The minimum atomic E-state index is 0.592. The third-order valence-electron chi connectivity index (χ3n) is 2.54. The van der Waals surface area contributed by atoms with Crippen molar-refractivity contribution in [3.63, 3.8) is 0 Å². The van der Waals surface area contributed by atoms with Gasteiger partial charge in [-0.1, -0.05) is 34.1 Å². The summed E-state index contributed by atoms with van der Waals surface area (Å²) in [6.45, 7) is 3.22. The Morgan fingerprint density at radius 2 is 2.29 bits per heavy atom. The van der Waals surface area contributed by atoms with E-state index in [0.29, 0.717) is 6.04 Å². The minimum absolute atomic E-state index is 0.592. The van der Waals surface area contributed by atoms with Gasteiger partial charge in [0.1, 0.15) is 0 Å². The lowest BCUT2D eigenvalue weighted by atomic mass is 9.96. The van der Waals surface area contributed by atoms with Crippen LogP contribution in [0.25, 0.3) is 5.57 Å². The molecule has 1 unspecified atom stereocenters. The molecule has 0 amide bonds. The van der Waals surface area contributed by atoms with Gasteiger partial charge in [-0.3, -0.25) is 0 Å². The highest BCUT2D eigenvalue weighted by Gasteiger charge is 2.11. The number of hydrogen-bond acceptors (Lipinski definition) is 1. The summed E-state index contributed by atoms with van der Waals surface area (Å²) in [6.07, 6.45) is 3.40. The van der Waals surface area contributed by atoms with Gasteiger partial charge in [0.25, 0.3) is 0 Å². The SMILES string of the molecule is CC1CC(c2cccc(Br)c2)=CCN1. The highest BCUT2D eigenvalue weighted by atomic mass is 79.9. The zero-order valence-electron chi connectivity index (χ0n) is 8.26. The molecule has 0 spiro atoms. The molecule has 74 valence electrons. The molecule has 0 saturated heterocycles. The predicted molar refractivity (Wildman–Crippen MR) is 64.2 cm³/mol. The van der Waals surface area contributed by atoms with Crippen LogP contribution in [0.2, 0.25) is 0 Å². The number of nitrogens with one attached hydrogen (secondary N) is 1. The van der Waals surface area contributed by atoms with E-state index in [9.17, 15) is 0 Å². The van der Waals surface area contributed by atoms with Crippen LogP contribution in [0, 0.1) is 0 Å². The van der Waals surface area contributed by atoms with Crippen LogP contribution in [0.4, 0.5) is 0 Å². The van der Waals surface area contributed by atoms with Crippen molar-refractivity contribution in [2.24, 2.45) is 0 Å². The Balaban J connectivity index is 2.26. The minimum Gasteiger partial charge on any atom is -0.310 e. The van der Waals surface area contributed by atoms with Crippen molar-refractivity contribution >= 4 is 21.5 Å². The van der Waals surface area contributed by atoms with Crippen LogP contribution in [-0.2, 0) is 0 Å². The smallest absolute Gasteiger partial charge is 0.0181 e. The van der Waals surface area contributed by atoms with E-state index in [1.165, 1.54) is 11.1 Å². The van der Waals surface area contributed by atoms with Crippen LogP contribution in [-0.4, -0.2) is 12.6 Å². The largest absolute Gasteiger partial charge is 0.310 e. The number of benzene rings is 1. The van der Waals surface area contributed by atoms with E-state index in [2.05, 4.69) is 58.5 Å². The monoisotopic (exact) mass is 251 g/mol. The fourth-order valence-corrected chi connectivity index (χ4v) is 2.19. The summed E-state index contributed by atoms with van der Waals surface area (Å²) in [6, 6.07) is 9.11. The van der Waals surface area contributed by atoms with Gasteiger partial charge in [0.2, 0.25) is 0 Å². The van der Waals surface area contributed by atoms with E-state index < -0.39 is 0 Å². The molecule has 0 bridgehead atoms. The second-order valence-electron chi connectivity index (χ2n) is 3.75. The lowest BCUT2D eigenvalue weighted by Crippen LogP contribution is -2.29. The van der Waals surface area contributed by atoms with E-state index in [4.69, 9.17) is 0 Å². The molecule has 2 heteroatoms. The third kappa shape index (κ3) is 2.25. The molecule has 1 aromatic carbocycles. The summed E-state index contributed by atoms with van der Waals surface area (Å²) in [7, 11) is 0. The molecular weight excluding hydrogens is 238 g/mol. The lowest BCUT2D eigenvalue weighted by molar-refractivity contribution is 0.579. The Hall–Kier alpha value is -0.600. The average Bonchev–Trinajstić information content (AvgIpc) is 2.18.